The van der Waals surface area contributed by atoms with Crippen molar-refractivity contribution in [3.8, 4) is 0 Å². The van der Waals surface area contributed by atoms with Crippen LogP contribution in [0.3, 0.4) is 0 Å². The largest absolute Gasteiger partial charge is 0.456 e. The van der Waals surface area contributed by atoms with Crippen molar-refractivity contribution in [3.63, 3.8) is 0 Å². The third kappa shape index (κ3) is 3.31. The first kappa shape index (κ1) is 11.6. The summed E-state index contributed by atoms with van der Waals surface area (Å²) in [7, 11) is 0. The lowest BCUT2D eigenvalue weighted by Crippen LogP contribution is -2.24. The van der Waals surface area contributed by atoms with Gasteiger partial charge in [-0.2, -0.15) is 4.39 Å². The van der Waals surface area contributed by atoms with Crippen molar-refractivity contribution in [1.82, 2.24) is 4.98 Å². The Morgan fingerprint density at radius 3 is 2.47 bits per heavy atom. The van der Waals surface area contributed by atoms with Gasteiger partial charge in [-0.15, -0.1) is 0 Å². The first-order valence-electron chi connectivity index (χ1n) is 4.66. The average molecular weight is 211 g/mol. The number of pyridine rings is 1. The van der Waals surface area contributed by atoms with Crippen LogP contribution in [0.5, 0.6) is 0 Å². The van der Waals surface area contributed by atoms with Gasteiger partial charge in [-0.25, -0.2) is 9.78 Å². The number of carbonyl (C=O) groups excluding carboxylic acids is 1. The monoisotopic (exact) mass is 211 g/mol. The number of hydrogen-bond donors (Lipinski definition) is 0. The summed E-state index contributed by atoms with van der Waals surface area (Å²) in [6.07, 6.45) is 0. The van der Waals surface area contributed by atoms with Crippen LogP contribution in [0.25, 0.3) is 0 Å². The number of aryl methyl sites for hydroxylation is 1. The number of nitrogens with zero attached hydrogens (tertiary/aromatic N) is 1. The predicted molar refractivity (Wildman–Crippen MR) is 54.1 cm³/mol. The molecule has 0 radical (unpaired) electrons. The highest BCUT2D eigenvalue weighted by Gasteiger charge is 2.21. The maximum absolute atomic E-state index is 13.3. The Balaban J connectivity index is 2.92. The van der Waals surface area contributed by atoms with E-state index in [0.29, 0.717) is 5.69 Å². The van der Waals surface area contributed by atoms with E-state index < -0.39 is 17.5 Å². The number of esters is 1. The van der Waals surface area contributed by atoms with Gasteiger partial charge in [-0.1, -0.05) is 0 Å². The summed E-state index contributed by atoms with van der Waals surface area (Å²) in [5.74, 6) is -1.48. The molecule has 0 aliphatic rings. The minimum Gasteiger partial charge on any atom is -0.456 e. The van der Waals surface area contributed by atoms with E-state index >= 15 is 0 Å². The first-order chi connectivity index (χ1) is 6.79. The maximum Gasteiger partial charge on any atom is 0.343 e. The highest BCUT2D eigenvalue weighted by Crippen LogP contribution is 2.13. The maximum atomic E-state index is 13.3. The normalized spacial score (nSPS) is 11.3. The molecule has 0 saturated carbocycles. The van der Waals surface area contributed by atoms with Gasteiger partial charge in [0.15, 0.2) is 0 Å². The minimum atomic E-state index is -0.788. The summed E-state index contributed by atoms with van der Waals surface area (Å²) in [5, 5.41) is 0. The molecule has 1 rings (SSSR count). The summed E-state index contributed by atoms with van der Waals surface area (Å²) >= 11 is 0. The number of halogens is 1. The molecule has 0 N–H and O–H groups in total. The molecule has 15 heavy (non-hydrogen) atoms. The number of rotatable bonds is 1. The van der Waals surface area contributed by atoms with Crippen LogP contribution in [0.1, 0.15) is 36.8 Å². The third-order valence-corrected chi connectivity index (χ3v) is 1.61. The molecule has 4 heteroatoms. The first-order valence-corrected chi connectivity index (χ1v) is 4.66. The zero-order valence-electron chi connectivity index (χ0n) is 9.30. The molecule has 0 saturated heterocycles. The van der Waals surface area contributed by atoms with E-state index in [1.54, 1.807) is 33.8 Å². The molecule has 3 nitrogen and oxygen atoms in total. The van der Waals surface area contributed by atoms with Crippen LogP contribution in [0.15, 0.2) is 12.1 Å². The van der Waals surface area contributed by atoms with Gasteiger partial charge in [0.25, 0.3) is 0 Å². The lowest BCUT2D eigenvalue weighted by molar-refractivity contribution is 0.00637. The van der Waals surface area contributed by atoms with Gasteiger partial charge in [0, 0.05) is 5.69 Å². The second-order valence-electron chi connectivity index (χ2n) is 4.29. The molecule has 0 atom stereocenters. The Labute approximate surface area is 88.3 Å². The highest BCUT2D eigenvalue weighted by atomic mass is 19.1. The zero-order valence-corrected chi connectivity index (χ0v) is 9.30. The van der Waals surface area contributed by atoms with Crippen molar-refractivity contribution in [2.45, 2.75) is 33.3 Å². The molecule has 0 aliphatic heterocycles. The van der Waals surface area contributed by atoms with E-state index in [0.717, 1.165) is 0 Å². The van der Waals surface area contributed by atoms with Gasteiger partial charge in [0.05, 0.1) is 0 Å². The van der Waals surface area contributed by atoms with E-state index in [4.69, 9.17) is 4.74 Å². The zero-order chi connectivity index (χ0) is 11.6. The SMILES string of the molecule is Cc1ccc(C(=O)OC(C)(C)C)c(F)n1. The lowest BCUT2D eigenvalue weighted by atomic mass is 10.2. The van der Waals surface area contributed by atoms with Crippen LogP contribution in [-0.4, -0.2) is 16.6 Å². The summed E-state index contributed by atoms with van der Waals surface area (Å²) in [5.41, 5.74) is -0.232. The molecule has 1 aromatic heterocycles. The molecule has 82 valence electrons. The van der Waals surface area contributed by atoms with Crippen LogP contribution in [0.2, 0.25) is 0 Å². The van der Waals surface area contributed by atoms with Crippen LogP contribution >= 0.6 is 0 Å². The smallest absolute Gasteiger partial charge is 0.343 e. The van der Waals surface area contributed by atoms with E-state index in [1.165, 1.54) is 6.07 Å². The van der Waals surface area contributed by atoms with Gasteiger partial charge in [-0.3, -0.25) is 0 Å². The highest BCUT2D eigenvalue weighted by molar-refractivity contribution is 5.89. The number of carbonyl (C=O) groups is 1. The van der Waals surface area contributed by atoms with Crippen molar-refractivity contribution >= 4 is 5.97 Å². The van der Waals surface area contributed by atoms with Gasteiger partial charge >= 0.3 is 5.97 Å². The number of ether oxygens (including phenoxy) is 1. The van der Waals surface area contributed by atoms with Crippen LogP contribution in [-0.2, 0) is 4.74 Å². The number of hydrogen-bond acceptors (Lipinski definition) is 3. The fourth-order valence-electron chi connectivity index (χ4n) is 1.01. The Kier molecular flexibility index (Phi) is 3.07. The topological polar surface area (TPSA) is 39.2 Å². The average Bonchev–Trinajstić information content (AvgIpc) is 1.99. The Bertz CT molecular complexity index is 383. The van der Waals surface area contributed by atoms with Crippen LogP contribution in [0, 0.1) is 12.9 Å². The fraction of sp³-hybridized carbons (Fsp3) is 0.455. The van der Waals surface area contributed by atoms with Crippen molar-refractivity contribution in [3.05, 3.63) is 29.3 Å². The Morgan fingerprint density at radius 1 is 1.40 bits per heavy atom. The molecule has 0 amide bonds. The van der Waals surface area contributed by atoms with Gasteiger partial charge in [0.1, 0.15) is 11.2 Å². The molecule has 1 heterocycles. The quantitative estimate of drug-likeness (QED) is 0.529. The van der Waals surface area contributed by atoms with Crippen LogP contribution in [0.4, 0.5) is 4.39 Å². The van der Waals surface area contributed by atoms with Gasteiger partial charge < -0.3 is 4.74 Å². The van der Waals surface area contributed by atoms with Crippen molar-refractivity contribution in [1.29, 1.82) is 0 Å². The van der Waals surface area contributed by atoms with E-state index in [-0.39, 0.29) is 5.56 Å². The third-order valence-electron chi connectivity index (χ3n) is 1.61. The van der Waals surface area contributed by atoms with E-state index in [1.807, 2.05) is 0 Å². The van der Waals surface area contributed by atoms with E-state index in [2.05, 4.69) is 4.98 Å². The second kappa shape index (κ2) is 3.96. The minimum absolute atomic E-state index is 0.129. The predicted octanol–water partition coefficient (Wildman–Crippen LogP) is 2.48. The summed E-state index contributed by atoms with van der Waals surface area (Å²) < 4.78 is 18.3. The Morgan fingerprint density at radius 2 is 2.00 bits per heavy atom. The second-order valence-corrected chi connectivity index (χ2v) is 4.29. The van der Waals surface area contributed by atoms with Crippen LogP contribution < -0.4 is 0 Å². The molecule has 0 aliphatic carbocycles. The number of aromatic nitrogens is 1. The van der Waals surface area contributed by atoms with Gasteiger partial charge in [0.2, 0.25) is 5.95 Å². The molecule has 0 fully saturated rings. The molecule has 0 bridgehead atoms. The molecular formula is C11H14FNO2. The fourth-order valence-corrected chi connectivity index (χ4v) is 1.01. The van der Waals surface area contributed by atoms with Crippen molar-refractivity contribution in [2.75, 3.05) is 0 Å². The van der Waals surface area contributed by atoms with E-state index in [9.17, 15) is 9.18 Å². The van der Waals surface area contributed by atoms with Crippen molar-refractivity contribution < 1.29 is 13.9 Å². The summed E-state index contributed by atoms with van der Waals surface area (Å²) in [4.78, 5) is 15.0. The van der Waals surface area contributed by atoms with Crippen molar-refractivity contribution in [2.24, 2.45) is 0 Å². The molecule has 0 unspecified atom stereocenters. The molecule has 0 aromatic carbocycles. The standard InChI is InChI=1S/C11H14FNO2/c1-7-5-6-8(9(12)13-7)10(14)15-11(2,3)4/h5-6H,1-4H3. The Hall–Kier alpha value is -1.45. The molecule has 1 aromatic rings. The lowest BCUT2D eigenvalue weighted by Gasteiger charge is -2.19. The molecular weight excluding hydrogens is 197 g/mol. The molecule has 0 spiro atoms. The summed E-state index contributed by atoms with van der Waals surface area (Å²) in [6.45, 7) is 6.83. The summed E-state index contributed by atoms with van der Waals surface area (Å²) in [6, 6.07) is 2.95. The van der Waals surface area contributed by atoms with Gasteiger partial charge in [-0.05, 0) is 39.8 Å².